The number of rotatable bonds is 4. The third kappa shape index (κ3) is 2.38. The molecule has 0 fully saturated rings. The van der Waals surface area contributed by atoms with Crippen LogP contribution in [0.25, 0.3) is 10.9 Å². The van der Waals surface area contributed by atoms with E-state index in [1.165, 1.54) is 0 Å². The van der Waals surface area contributed by atoms with E-state index in [2.05, 4.69) is 4.98 Å². The first-order chi connectivity index (χ1) is 8.26. The Morgan fingerprint density at radius 1 is 1.41 bits per heavy atom. The van der Waals surface area contributed by atoms with Crippen molar-refractivity contribution >= 4 is 10.9 Å². The number of para-hydroxylation sites is 1. The fourth-order valence-corrected chi connectivity index (χ4v) is 1.84. The van der Waals surface area contributed by atoms with Gasteiger partial charge in [-0.2, -0.15) is 0 Å². The number of benzene rings is 1. The summed E-state index contributed by atoms with van der Waals surface area (Å²) in [6.07, 6.45) is 0.496. The summed E-state index contributed by atoms with van der Waals surface area (Å²) >= 11 is 0. The quantitative estimate of drug-likeness (QED) is 0.840. The van der Waals surface area contributed by atoms with E-state index >= 15 is 0 Å². The number of methoxy groups -OCH3 is 1. The minimum absolute atomic E-state index is 0.0527. The van der Waals surface area contributed by atoms with E-state index in [9.17, 15) is 0 Å². The van der Waals surface area contributed by atoms with Crippen LogP contribution in [0.3, 0.4) is 0 Å². The maximum atomic E-state index is 8.93. The standard InChI is InChI=1S/C13H16N2O2/c1-17-13-10(11(14)6-7-16)8-9-4-2-3-5-12(9)15-13/h2-5,8,11,16H,6-7,14H2,1H3. The third-order valence-electron chi connectivity index (χ3n) is 2.75. The molecule has 1 atom stereocenters. The SMILES string of the molecule is COc1nc2ccccc2cc1C(N)CCO. The Bertz CT molecular complexity index is 514. The summed E-state index contributed by atoms with van der Waals surface area (Å²) in [5, 5.41) is 9.96. The van der Waals surface area contributed by atoms with Crippen LogP contribution in [-0.4, -0.2) is 23.8 Å². The molecule has 0 saturated heterocycles. The molecule has 3 N–H and O–H groups in total. The predicted molar refractivity (Wildman–Crippen MR) is 66.9 cm³/mol. The van der Waals surface area contributed by atoms with Crippen LogP contribution in [0.4, 0.5) is 0 Å². The molecule has 0 amide bonds. The van der Waals surface area contributed by atoms with Crippen molar-refractivity contribution in [2.24, 2.45) is 5.73 Å². The Labute approximate surface area is 100 Å². The highest BCUT2D eigenvalue weighted by molar-refractivity contribution is 5.80. The Kier molecular flexibility index (Phi) is 3.56. The summed E-state index contributed by atoms with van der Waals surface area (Å²) in [7, 11) is 1.58. The second-order valence-corrected chi connectivity index (χ2v) is 3.90. The van der Waals surface area contributed by atoms with Gasteiger partial charge in [0.05, 0.1) is 12.6 Å². The van der Waals surface area contributed by atoms with Crippen LogP contribution < -0.4 is 10.5 Å². The van der Waals surface area contributed by atoms with Gasteiger partial charge in [-0.1, -0.05) is 18.2 Å². The van der Waals surface area contributed by atoms with E-state index in [0.29, 0.717) is 12.3 Å². The number of ether oxygens (including phenoxy) is 1. The van der Waals surface area contributed by atoms with Crippen molar-refractivity contribution in [3.63, 3.8) is 0 Å². The summed E-state index contributed by atoms with van der Waals surface area (Å²) in [4.78, 5) is 4.41. The van der Waals surface area contributed by atoms with Crippen molar-refractivity contribution in [2.45, 2.75) is 12.5 Å². The monoisotopic (exact) mass is 232 g/mol. The number of hydrogen-bond acceptors (Lipinski definition) is 4. The second kappa shape index (κ2) is 5.12. The highest BCUT2D eigenvalue weighted by atomic mass is 16.5. The average molecular weight is 232 g/mol. The fraction of sp³-hybridized carbons (Fsp3) is 0.308. The number of pyridine rings is 1. The molecule has 1 aromatic heterocycles. The van der Waals surface area contributed by atoms with Gasteiger partial charge in [-0.25, -0.2) is 4.98 Å². The molecule has 90 valence electrons. The van der Waals surface area contributed by atoms with Crippen LogP contribution >= 0.6 is 0 Å². The lowest BCUT2D eigenvalue weighted by molar-refractivity contribution is 0.274. The molecule has 0 saturated carbocycles. The number of nitrogens with zero attached hydrogens (tertiary/aromatic N) is 1. The predicted octanol–water partition coefficient (Wildman–Crippen LogP) is 1.63. The van der Waals surface area contributed by atoms with E-state index < -0.39 is 0 Å². The second-order valence-electron chi connectivity index (χ2n) is 3.90. The Balaban J connectivity index is 2.52. The first kappa shape index (κ1) is 11.8. The van der Waals surface area contributed by atoms with Crippen molar-refractivity contribution in [3.8, 4) is 5.88 Å². The zero-order valence-corrected chi connectivity index (χ0v) is 9.76. The molecular weight excluding hydrogens is 216 g/mol. The van der Waals surface area contributed by atoms with Crippen molar-refractivity contribution in [1.82, 2.24) is 4.98 Å². The third-order valence-corrected chi connectivity index (χ3v) is 2.75. The van der Waals surface area contributed by atoms with Gasteiger partial charge in [-0.05, 0) is 18.6 Å². The van der Waals surface area contributed by atoms with Crippen LogP contribution in [0.5, 0.6) is 5.88 Å². The van der Waals surface area contributed by atoms with Gasteiger partial charge in [0.1, 0.15) is 0 Å². The Morgan fingerprint density at radius 3 is 2.88 bits per heavy atom. The lowest BCUT2D eigenvalue weighted by Gasteiger charge is -2.14. The number of fused-ring (bicyclic) bond motifs is 1. The molecule has 1 heterocycles. The van der Waals surface area contributed by atoms with Gasteiger partial charge in [-0.15, -0.1) is 0 Å². The molecule has 4 nitrogen and oxygen atoms in total. The van der Waals surface area contributed by atoms with Gasteiger partial charge in [0, 0.05) is 23.6 Å². The first-order valence-corrected chi connectivity index (χ1v) is 5.56. The fourth-order valence-electron chi connectivity index (χ4n) is 1.84. The molecule has 17 heavy (non-hydrogen) atoms. The van der Waals surface area contributed by atoms with Gasteiger partial charge in [0.25, 0.3) is 0 Å². The highest BCUT2D eigenvalue weighted by Gasteiger charge is 2.14. The molecule has 0 aliphatic heterocycles. The maximum absolute atomic E-state index is 8.93. The lowest BCUT2D eigenvalue weighted by Crippen LogP contribution is -2.13. The normalized spacial score (nSPS) is 12.6. The van der Waals surface area contributed by atoms with Gasteiger partial charge < -0.3 is 15.6 Å². The molecular formula is C13H16N2O2. The van der Waals surface area contributed by atoms with E-state index in [-0.39, 0.29) is 12.6 Å². The van der Waals surface area contributed by atoms with Crippen LogP contribution in [0.15, 0.2) is 30.3 Å². The summed E-state index contributed by atoms with van der Waals surface area (Å²) in [5.74, 6) is 0.532. The summed E-state index contributed by atoms with van der Waals surface area (Å²) < 4.78 is 5.25. The summed E-state index contributed by atoms with van der Waals surface area (Å²) in [6, 6.07) is 9.52. The molecule has 1 unspecified atom stereocenters. The number of nitrogens with two attached hydrogens (primary N) is 1. The van der Waals surface area contributed by atoms with Gasteiger partial charge in [0.2, 0.25) is 5.88 Å². The Hall–Kier alpha value is -1.65. The topological polar surface area (TPSA) is 68.4 Å². The molecule has 1 aromatic carbocycles. The lowest BCUT2D eigenvalue weighted by atomic mass is 10.0. The van der Waals surface area contributed by atoms with E-state index in [1.807, 2.05) is 30.3 Å². The zero-order chi connectivity index (χ0) is 12.3. The highest BCUT2D eigenvalue weighted by Crippen LogP contribution is 2.27. The Morgan fingerprint density at radius 2 is 2.18 bits per heavy atom. The maximum Gasteiger partial charge on any atom is 0.218 e. The molecule has 2 aromatic rings. The van der Waals surface area contributed by atoms with Crippen molar-refractivity contribution in [1.29, 1.82) is 0 Å². The van der Waals surface area contributed by atoms with Gasteiger partial charge >= 0.3 is 0 Å². The van der Waals surface area contributed by atoms with Gasteiger partial charge in [-0.3, -0.25) is 0 Å². The van der Waals surface area contributed by atoms with Crippen molar-refractivity contribution in [2.75, 3.05) is 13.7 Å². The van der Waals surface area contributed by atoms with E-state index in [4.69, 9.17) is 15.6 Å². The van der Waals surface area contributed by atoms with Crippen LogP contribution in [0.2, 0.25) is 0 Å². The molecule has 0 aliphatic rings. The van der Waals surface area contributed by atoms with Crippen LogP contribution in [0.1, 0.15) is 18.0 Å². The van der Waals surface area contributed by atoms with Crippen LogP contribution in [0, 0.1) is 0 Å². The molecule has 0 bridgehead atoms. The van der Waals surface area contributed by atoms with Gasteiger partial charge in [0.15, 0.2) is 0 Å². The smallest absolute Gasteiger partial charge is 0.218 e. The molecule has 0 aliphatic carbocycles. The molecule has 0 radical (unpaired) electrons. The first-order valence-electron chi connectivity index (χ1n) is 5.56. The largest absolute Gasteiger partial charge is 0.481 e. The minimum Gasteiger partial charge on any atom is -0.481 e. The van der Waals surface area contributed by atoms with E-state index in [1.54, 1.807) is 7.11 Å². The average Bonchev–Trinajstić information content (AvgIpc) is 2.37. The molecule has 2 rings (SSSR count). The number of aliphatic hydroxyl groups excluding tert-OH is 1. The molecule has 4 heteroatoms. The van der Waals surface area contributed by atoms with E-state index in [0.717, 1.165) is 16.5 Å². The summed E-state index contributed by atoms with van der Waals surface area (Å²) in [6.45, 7) is 0.0527. The molecule has 0 spiro atoms. The summed E-state index contributed by atoms with van der Waals surface area (Å²) in [5.41, 5.74) is 7.71. The van der Waals surface area contributed by atoms with Crippen molar-refractivity contribution < 1.29 is 9.84 Å². The number of aromatic nitrogens is 1. The minimum atomic E-state index is -0.257. The number of aliphatic hydroxyl groups is 1. The number of hydrogen-bond donors (Lipinski definition) is 2. The van der Waals surface area contributed by atoms with Crippen molar-refractivity contribution in [3.05, 3.63) is 35.9 Å². The van der Waals surface area contributed by atoms with Crippen LogP contribution in [-0.2, 0) is 0 Å². The zero-order valence-electron chi connectivity index (χ0n) is 9.76.